The number of likely N-dealkylation sites (tertiary alicyclic amines) is 1. The van der Waals surface area contributed by atoms with Gasteiger partial charge in [-0.15, -0.1) is 0 Å². The molecule has 4 heterocycles. The molecule has 0 saturated carbocycles. The summed E-state index contributed by atoms with van der Waals surface area (Å²) in [5, 5.41) is 22.1. The van der Waals surface area contributed by atoms with Crippen LogP contribution < -0.4 is 15.0 Å². The highest BCUT2D eigenvalue weighted by Crippen LogP contribution is 2.66. The average molecular weight is 911 g/mol. The molecule has 3 N–H and O–H groups in total. The van der Waals surface area contributed by atoms with E-state index in [0.29, 0.717) is 41.1 Å². The molecule has 4 aliphatic rings. The Morgan fingerprint density at radius 2 is 1.48 bits per heavy atom. The maximum Gasteiger partial charge on any atom is 0.329 e. The predicted molar refractivity (Wildman–Crippen MR) is 248 cm³/mol. The van der Waals surface area contributed by atoms with Gasteiger partial charge in [-0.2, -0.15) is 0 Å². The fourth-order valence-electron chi connectivity index (χ4n) is 10.6. The average Bonchev–Trinajstić information content (AvgIpc) is 3.79. The molecule has 7 unspecified atom stereocenters. The highest BCUT2D eigenvalue weighted by molar-refractivity contribution is 6.25. The molecule has 14 nitrogen and oxygen atoms in total. The number of aliphatic hydroxyl groups is 2. The van der Waals surface area contributed by atoms with Crippen molar-refractivity contribution >= 4 is 35.5 Å². The number of cyclic esters (lactones) is 1. The van der Waals surface area contributed by atoms with Gasteiger partial charge in [0.1, 0.15) is 36.0 Å². The van der Waals surface area contributed by atoms with Crippen LogP contribution in [0.25, 0.3) is 0 Å². The molecule has 4 amide bonds. The third-order valence-electron chi connectivity index (χ3n) is 13.5. The Bertz CT molecular complexity index is 2500. The fraction of sp³-hybridized carbons (Fsp3) is 0.415. The largest absolute Gasteiger partial charge is 0.491 e. The second-order valence-corrected chi connectivity index (χ2v) is 17.8. The Hall–Kier alpha value is -6.53. The third kappa shape index (κ3) is 8.79. The number of methoxy groups -OCH3 is 1. The van der Waals surface area contributed by atoms with Gasteiger partial charge in [0.15, 0.2) is 0 Å². The van der Waals surface area contributed by atoms with E-state index in [9.17, 15) is 15.0 Å². The number of hydrogen-bond donors (Lipinski definition) is 3. The highest BCUT2D eigenvalue weighted by Gasteiger charge is 2.76. The second kappa shape index (κ2) is 20.5. The molecule has 0 aromatic heterocycles. The maximum absolute atomic E-state index is 16.6. The first-order valence-electron chi connectivity index (χ1n) is 23.2. The SMILES string of the molecule is COC(=O)C(NC(=O)N1C(=O)C2(c3cc(C#CCCO)ccc31)C(C(=O)N1CCCCCCC1)C1C(=O)OC(c3ccccc3)C(c3ccccc3)N1C2c1ccc(OCCO)cc1)C(C)C. The summed E-state index contributed by atoms with van der Waals surface area (Å²) in [6.07, 6.45) is 3.54. The lowest BCUT2D eigenvalue weighted by atomic mass is 9.64. The first kappa shape index (κ1) is 47.0. The predicted octanol–water partition coefficient (Wildman–Crippen LogP) is 6.16. The van der Waals surface area contributed by atoms with Gasteiger partial charge >= 0.3 is 18.0 Å². The molecule has 7 atom stereocenters. The number of ether oxygens (including phenoxy) is 3. The van der Waals surface area contributed by atoms with Gasteiger partial charge in [-0.25, -0.2) is 14.5 Å². The van der Waals surface area contributed by atoms with Crippen molar-refractivity contribution in [1.29, 1.82) is 0 Å². The Morgan fingerprint density at radius 1 is 0.821 bits per heavy atom. The topological polar surface area (TPSA) is 175 Å². The van der Waals surface area contributed by atoms with Crippen molar-refractivity contribution in [2.75, 3.05) is 44.9 Å². The first-order valence-corrected chi connectivity index (χ1v) is 23.2. The molecule has 14 heteroatoms. The summed E-state index contributed by atoms with van der Waals surface area (Å²) in [7, 11) is 1.22. The Balaban J connectivity index is 1.46. The first-order chi connectivity index (χ1) is 32.6. The molecule has 350 valence electrons. The summed E-state index contributed by atoms with van der Waals surface area (Å²) >= 11 is 0. The summed E-state index contributed by atoms with van der Waals surface area (Å²) in [6, 6.07) is 25.7. The smallest absolute Gasteiger partial charge is 0.329 e. The normalized spacial score (nSPS) is 24.1. The van der Waals surface area contributed by atoms with Crippen LogP contribution in [0.15, 0.2) is 103 Å². The summed E-state index contributed by atoms with van der Waals surface area (Å²) in [5.41, 5.74) is 0.890. The van der Waals surface area contributed by atoms with Gasteiger partial charge in [0.25, 0.3) is 0 Å². The molecule has 0 aliphatic carbocycles. The van der Waals surface area contributed by atoms with Gasteiger partial charge in [-0.1, -0.05) is 118 Å². The van der Waals surface area contributed by atoms with Gasteiger partial charge in [0.2, 0.25) is 11.8 Å². The molecule has 3 fully saturated rings. The number of nitrogens with one attached hydrogen (secondary N) is 1. The number of urea groups is 1. The van der Waals surface area contributed by atoms with Crippen LogP contribution in [0.3, 0.4) is 0 Å². The van der Waals surface area contributed by atoms with Crippen molar-refractivity contribution in [1.82, 2.24) is 15.1 Å². The van der Waals surface area contributed by atoms with Crippen LogP contribution in [0.4, 0.5) is 10.5 Å². The summed E-state index contributed by atoms with van der Waals surface area (Å²) < 4.78 is 17.5. The van der Waals surface area contributed by atoms with Crippen LogP contribution in [0, 0.1) is 23.7 Å². The van der Waals surface area contributed by atoms with Crippen molar-refractivity contribution in [2.45, 2.75) is 88.1 Å². The van der Waals surface area contributed by atoms with Crippen LogP contribution in [0.2, 0.25) is 0 Å². The minimum Gasteiger partial charge on any atom is -0.491 e. The minimum atomic E-state index is -2.02. The number of carbonyl (C=O) groups excluding carboxylic acids is 5. The molecule has 0 radical (unpaired) electrons. The molecule has 3 saturated heterocycles. The number of carbonyl (C=O) groups is 5. The number of fused-ring (bicyclic) bond motifs is 3. The quantitative estimate of drug-likeness (QED) is 0.116. The Labute approximate surface area is 391 Å². The zero-order chi connectivity index (χ0) is 47.2. The number of morpholine rings is 1. The van der Waals surface area contributed by atoms with Crippen LogP contribution in [0.5, 0.6) is 5.75 Å². The maximum atomic E-state index is 16.6. The molecule has 4 aliphatic heterocycles. The molecule has 8 rings (SSSR count). The van der Waals surface area contributed by atoms with Crippen LogP contribution in [-0.4, -0.2) is 102 Å². The van der Waals surface area contributed by atoms with E-state index in [1.54, 1.807) is 61.2 Å². The number of imide groups is 1. The number of benzene rings is 4. The van der Waals surface area contributed by atoms with Crippen LogP contribution >= 0.6 is 0 Å². The van der Waals surface area contributed by atoms with Gasteiger partial charge < -0.3 is 34.6 Å². The van der Waals surface area contributed by atoms with Crippen molar-refractivity contribution < 1.29 is 48.4 Å². The number of nitrogens with zero attached hydrogens (tertiary/aromatic N) is 3. The van der Waals surface area contributed by atoms with Gasteiger partial charge in [-0.05, 0) is 71.3 Å². The van der Waals surface area contributed by atoms with Gasteiger partial charge in [0.05, 0.1) is 44.0 Å². The summed E-state index contributed by atoms with van der Waals surface area (Å²) in [4.78, 5) is 81.2. The Kier molecular flexibility index (Phi) is 14.4. The molecule has 4 aromatic carbocycles. The van der Waals surface area contributed by atoms with E-state index in [2.05, 4.69) is 17.2 Å². The van der Waals surface area contributed by atoms with E-state index in [-0.39, 0.29) is 31.9 Å². The van der Waals surface area contributed by atoms with Crippen LogP contribution in [-0.2, 0) is 34.1 Å². The van der Waals surface area contributed by atoms with Crippen molar-refractivity contribution in [3.8, 4) is 17.6 Å². The van der Waals surface area contributed by atoms with E-state index in [4.69, 9.17) is 14.2 Å². The third-order valence-corrected chi connectivity index (χ3v) is 13.5. The van der Waals surface area contributed by atoms with Crippen molar-refractivity contribution in [3.05, 3.63) is 131 Å². The number of aliphatic hydroxyl groups excluding tert-OH is 2. The van der Waals surface area contributed by atoms with Crippen LogP contribution in [0.1, 0.15) is 98.4 Å². The number of anilines is 1. The number of rotatable bonds is 11. The fourth-order valence-corrected chi connectivity index (χ4v) is 10.6. The molecular formula is C53H58N4O10. The monoisotopic (exact) mass is 910 g/mol. The minimum absolute atomic E-state index is 0.0347. The van der Waals surface area contributed by atoms with Gasteiger partial charge in [-0.3, -0.25) is 19.3 Å². The van der Waals surface area contributed by atoms with E-state index in [1.165, 1.54) is 7.11 Å². The lowest BCUT2D eigenvalue weighted by Crippen LogP contribution is -2.58. The number of esters is 2. The van der Waals surface area contributed by atoms with E-state index in [0.717, 1.165) is 42.6 Å². The zero-order valence-corrected chi connectivity index (χ0v) is 38.1. The molecule has 1 spiro atoms. The zero-order valence-electron chi connectivity index (χ0n) is 38.1. The second-order valence-electron chi connectivity index (χ2n) is 17.8. The molecule has 0 bridgehead atoms. The molecular weight excluding hydrogens is 853 g/mol. The van der Waals surface area contributed by atoms with Gasteiger partial charge in [0, 0.05) is 25.1 Å². The van der Waals surface area contributed by atoms with E-state index in [1.807, 2.05) is 65.6 Å². The molecule has 67 heavy (non-hydrogen) atoms. The van der Waals surface area contributed by atoms with E-state index < -0.39 is 77.3 Å². The van der Waals surface area contributed by atoms with Crippen molar-refractivity contribution in [3.63, 3.8) is 0 Å². The Morgan fingerprint density at radius 3 is 2.10 bits per heavy atom. The lowest BCUT2D eigenvalue weighted by Gasteiger charge is -2.46. The highest BCUT2D eigenvalue weighted by atomic mass is 16.6. The number of hydrogen-bond acceptors (Lipinski definition) is 11. The standard InChI is InChI=1S/C53H58N4O10/c1-34(2)43(49(61)65-3)54-52(64)56-41-27-22-35(17-13-16-30-58)33-40(41)53(51(56)63)42(48(60)55-28-14-5-4-6-15-29-55)45-50(62)67-46(37-20-11-8-12-21-37)44(36-18-9-7-10-19-36)57(45)47(53)38-23-25-39(26-24-38)66-32-31-59/h7-12,18-27,33-34,42-47,58-59H,4-6,14-16,28-32H2,1-3H3,(H,54,64). The van der Waals surface area contributed by atoms with E-state index >= 15 is 19.2 Å². The summed E-state index contributed by atoms with van der Waals surface area (Å²) in [6.45, 7) is 3.93. The number of amides is 4. The summed E-state index contributed by atoms with van der Waals surface area (Å²) in [5.74, 6) is 2.05. The molecule has 4 aromatic rings. The van der Waals surface area contributed by atoms with Crippen molar-refractivity contribution in [2.24, 2.45) is 11.8 Å². The lowest BCUT2D eigenvalue weighted by molar-refractivity contribution is -0.179.